The fourth-order valence-corrected chi connectivity index (χ4v) is 2.90. The van der Waals surface area contributed by atoms with Gasteiger partial charge in [-0.3, -0.25) is 4.90 Å². The molecule has 0 atom stereocenters. The molecule has 4 nitrogen and oxygen atoms in total. The van der Waals surface area contributed by atoms with Crippen LogP contribution in [0.4, 0.5) is 5.69 Å². The third-order valence-corrected chi connectivity index (χ3v) is 4.62. The zero-order valence-corrected chi connectivity index (χ0v) is 14.5. The van der Waals surface area contributed by atoms with Crippen LogP contribution in [0.15, 0.2) is 24.3 Å². The average molecular weight is 304 g/mol. The first-order chi connectivity index (χ1) is 10.7. The molecule has 0 saturated carbocycles. The molecule has 0 spiro atoms. The van der Waals surface area contributed by atoms with Gasteiger partial charge in [-0.1, -0.05) is 19.1 Å². The van der Waals surface area contributed by atoms with Crippen molar-refractivity contribution in [3.8, 4) is 0 Å². The zero-order valence-electron chi connectivity index (χ0n) is 14.5. The van der Waals surface area contributed by atoms with Gasteiger partial charge in [0.15, 0.2) is 0 Å². The lowest BCUT2D eigenvalue weighted by Crippen LogP contribution is -2.48. The monoisotopic (exact) mass is 304 g/mol. The Labute approximate surface area is 136 Å². The third-order valence-electron chi connectivity index (χ3n) is 4.62. The highest BCUT2D eigenvalue weighted by Gasteiger charge is 2.17. The van der Waals surface area contributed by atoms with E-state index in [2.05, 4.69) is 58.3 Å². The van der Waals surface area contributed by atoms with Crippen molar-refractivity contribution in [2.75, 3.05) is 71.4 Å². The van der Waals surface area contributed by atoms with Crippen LogP contribution < -0.4 is 10.2 Å². The summed E-state index contributed by atoms with van der Waals surface area (Å²) >= 11 is 0. The van der Waals surface area contributed by atoms with Crippen molar-refractivity contribution in [1.82, 2.24) is 15.1 Å². The minimum atomic E-state index is 1.07. The Kier molecular flexibility index (Phi) is 7.16. The highest BCUT2D eigenvalue weighted by Crippen LogP contribution is 2.17. The van der Waals surface area contributed by atoms with E-state index in [1.54, 1.807) is 0 Å². The Morgan fingerprint density at radius 2 is 1.73 bits per heavy atom. The quantitative estimate of drug-likeness (QED) is 0.786. The van der Waals surface area contributed by atoms with Crippen molar-refractivity contribution in [3.05, 3.63) is 29.8 Å². The number of nitrogens with one attached hydrogen (secondary N) is 1. The van der Waals surface area contributed by atoms with Crippen LogP contribution in [-0.4, -0.2) is 76.3 Å². The Morgan fingerprint density at radius 1 is 1.05 bits per heavy atom. The van der Waals surface area contributed by atoms with E-state index in [1.165, 1.54) is 30.9 Å². The van der Waals surface area contributed by atoms with E-state index in [9.17, 15) is 0 Å². The summed E-state index contributed by atoms with van der Waals surface area (Å²) in [6.07, 6.45) is 1.12. The first kappa shape index (κ1) is 17.3. The summed E-state index contributed by atoms with van der Waals surface area (Å²) in [5.41, 5.74) is 2.80. The zero-order chi connectivity index (χ0) is 15.8. The Balaban J connectivity index is 1.70. The lowest BCUT2D eigenvalue weighted by Gasteiger charge is -2.36. The summed E-state index contributed by atoms with van der Waals surface area (Å²) in [7, 11) is 4.23. The van der Waals surface area contributed by atoms with Gasteiger partial charge >= 0.3 is 0 Å². The minimum absolute atomic E-state index is 1.07. The number of anilines is 1. The molecule has 0 amide bonds. The van der Waals surface area contributed by atoms with E-state index in [0.29, 0.717) is 0 Å². The molecule has 1 aromatic rings. The molecular weight excluding hydrogens is 272 g/mol. The Hall–Kier alpha value is -1.10. The van der Waals surface area contributed by atoms with E-state index in [0.717, 1.165) is 39.1 Å². The highest BCUT2D eigenvalue weighted by molar-refractivity contribution is 5.48. The molecule has 1 N–H and O–H groups in total. The van der Waals surface area contributed by atoms with Crippen LogP contribution in [0.2, 0.25) is 0 Å². The van der Waals surface area contributed by atoms with Crippen molar-refractivity contribution in [3.63, 3.8) is 0 Å². The van der Waals surface area contributed by atoms with Gasteiger partial charge in [-0.25, -0.2) is 0 Å². The van der Waals surface area contributed by atoms with Crippen LogP contribution in [0.1, 0.15) is 12.5 Å². The molecule has 0 aliphatic carbocycles. The summed E-state index contributed by atoms with van der Waals surface area (Å²) in [6.45, 7) is 11.4. The van der Waals surface area contributed by atoms with Crippen molar-refractivity contribution in [1.29, 1.82) is 0 Å². The summed E-state index contributed by atoms with van der Waals surface area (Å²) in [5.74, 6) is 0. The van der Waals surface area contributed by atoms with Gasteiger partial charge in [0.1, 0.15) is 0 Å². The second-order valence-corrected chi connectivity index (χ2v) is 6.26. The van der Waals surface area contributed by atoms with E-state index < -0.39 is 0 Å². The van der Waals surface area contributed by atoms with Crippen molar-refractivity contribution < 1.29 is 0 Å². The van der Waals surface area contributed by atoms with Gasteiger partial charge in [-0.15, -0.1) is 0 Å². The Morgan fingerprint density at radius 3 is 2.32 bits per heavy atom. The maximum Gasteiger partial charge on any atom is 0.0367 e. The molecule has 1 aromatic carbocycles. The molecule has 0 radical (unpaired) electrons. The molecule has 1 fully saturated rings. The SMILES string of the molecule is CCc1ccc(N2CCN(CCN(C)CCNC)CC2)cc1. The van der Waals surface area contributed by atoms with E-state index >= 15 is 0 Å². The largest absolute Gasteiger partial charge is 0.369 e. The fraction of sp³-hybridized carbons (Fsp3) is 0.667. The van der Waals surface area contributed by atoms with Crippen LogP contribution in [0.5, 0.6) is 0 Å². The highest BCUT2D eigenvalue weighted by atomic mass is 15.3. The van der Waals surface area contributed by atoms with Crippen LogP contribution in [0.25, 0.3) is 0 Å². The number of likely N-dealkylation sites (N-methyl/N-ethyl adjacent to an activating group) is 2. The first-order valence-electron chi connectivity index (χ1n) is 8.62. The van der Waals surface area contributed by atoms with Gasteiger partial charge in [-0.05, 0) is 38.2 Å². The molecule has 0 aromatic heterocycles. The summed E-state index contributed by atoms with van der Waals surface area (Å²) in [5, 5.41) is 3.21. The number of hydrogen-bond acceptors (Lipinski definition) is 4. The topological polar surface area (TPSA) is 21.8 Å². The second-order valence-electron chi connectivity index (χ2n) is 6.26. The smallest absolute Gasteiger partial charge is 0.0367 e. The van der Waals surface area contributed by atoms with Crippen LogP contribution in [0, 0.1) is 0 Å². The number of aryl methyl sites for hydroxylation is 1. The van der Waals surface area contributed by atoms with Gasteiger partial charge < -0.3 is 15.1 Å². The van der Waals surface area contributed by atoms with Crippen molar-refractivity contribution in [2.45, 2.75) is 13.3 Å². The van der Waals surface area contributed by atoms with E-state index in [-0.39, 0.29) is 0 Å². The molecule has 0 unspecified atom stereocenters. The molecule has 0 bridgehead atoms. The number of rotatable bonds is 8. The first-order valence-corrected chi connectivity index (χ1v) is 8.62. The molecule has 124 valence electrons. The summed E-state index contributed by atoms with van der Waals surface area (Å²) in [4.78, 5) is 7.51. The summed E-state index contributed by atoms with van der Waals surface area (Å²) < 4.78 is 0. The van der Waals surface area contributed by atoms with Gasteiger partial charge in [-0.2, -0.15) is 0 Å². The number of benzene rings is 1. The van der Waals surface area contributed by atoms with Crippen LogP contribution >= 0.6 is 0 Å². The molecule has 1 aliphatic rings. The van der Waals surface area contributed by atoms with Gasteiger partial charge in [0.2, 0.25) is 0 Å². The number of piperazine rings is 1. The molecular formula is C18H32N4. The normalized spacial score (nSPS) is 16.5. The van der Waals surface area contributed by atoms with Crippen molar-refractivity contribution in [2.24, 2.45) is 0 Å². The average Bonchev–Trinajstić information content (AvgIpc) is 2.58. The number of nitrogens with zero attached hydrogens (tertiary/aromatic N) is 3. The maximum absolute atomic E-state index is 3.21. The molecule has 1 heterocycles. The minimum Gasteiger partial charge on any atom is -0.369 e. The molecule has 2 rings (SSSR count). The van der Waals surface area contributed by atoms with Gasteiger partial charge in [0, 0.05) is 58.0 Å². The fourth-order valence-electron chi connectivity index (χ4n) is 2.90. The van der Waals surface area contributed by atoms with Gasteiger partial charge in [0.05, 0.1) is 0 Å². The lowest BCUT2D eigenvalue weighted by molar-refractivity contribution is 0.216. The standard InChI is InChI=1S/C18H32N4/c1-4-17-5-7-18(8-6-17)22-15-13-21(14-16-22)12-11-20(3)10-9-19-2/h5-8,19H,4,9-16H2,1-3H3. The molecule has 1 saturated heterocycles. The molecule has 1 aliphatic heterocycles. The molecule has 4 heteroatoms. The third kappa shape index (κ3) is 5.27. The predicted molar refractivity (Wildman–Crippen MR) is 95.9 cm³/mol. The van der Waals surface area contributed by atoms with Crippen LogP contribution in [0.3, 0.4) is 0 Å². The van der Waals surface area contributed by atoms with E-state index in [4.69, 9.17) is 0 Å². The van der Waals surface area contributed by atoms with Crippen LogP contribution in [-0.2, 0) is 6.42 Å². The van der Waals surface area contributed by atoms with E-state index in [1.807, 2.05) is 7.05 Å². The molecule has 22 heavy (non-hydrogen) atoms. The van der Waals surface area contributed by atoms with Crippen molar-refractivity contribution >= 4 is 5.69 Å². The number of hydrogen-bond donors (Lipinski definition) is 1. The lowest BCUT2D eigenvalue weighted by atomic mass is 10.1. The predicted octanol–water partition coefficient (Wildman–Crippen LogP) is 1.52. The summed E-state index contributed by atoms with van der Waals surface area (Å²) in [6, 6.07) is 9.08. The second kappa shape index (κ2) is 9.13. The van der Waals surface area contributed by atoms with Gasteiger partial charge in [0.25, 0.3) is 0 Å². The Bertz CT molecular complexity index is 410. The maximum atomic E-state index is 3.21.